The van der Waals surface area contributed by atoms with Crippen molar-refractivity contribution in [1.82, 2.24) is 10.0 Å². The number of carbonyl (C=O) groups is 1. The van der Waals surface area contributed by atoms with E-state index < -0.39 is 32.0 Å². The molecule has 0 bridgehead atoms. The number of nitrogens with two attached hydrogens (primary N) is 1. The molecule has 0 saturated heterocycles. The van der Waals surface area contributed by atoms with Crippen LogP contribution in [0.3, 0.4) is 0 Å². The molecule has 0 spiro atoms. The number of furan rings is 1. The van der Waals surface area contributed by atoms with Gasteiger partial charge in [0.2, 0.25) is 20.0 Å². The normalized spacial score (nSPS) is 13.0. The third kappa shape index (κ3) is 5.79. The number of nitrogens with one attached hydrogen (secondary N) is 2. The predicted molar refractivity (Wildman–Crippen MR) is 113 cm³/mol. The fourth-order valence-electron chi connectivity index (χ4n) is 2.76. The lowest BCUT2D eigenvalue weighted by Crippen LogP contribution is -2.27. The molecule has 164 valence electrons. The van der Waals surface area contributed by atoms with Crippen molar-refractivity contribution in [2.24, 2.45) is 5.14 Å². The molecule has 1 aromatic heterocycles. The molecule has 0 unspecified atom stereocenters. The average molecular weight is 464 g/mol. The van der Waals surface area contributed by atoms with Crippen molar-refractivity contribution in [3.05, 3.63) is 83.8 Å². The van der Waals surface area contributed by atoms with Gasteiger partial charge in [0.1, 0.15) is 5.76 Å². The largest absolute Gasteiger partial charge is 0.468 e. The highest BCUT2D eigenvalue weighted by Gasteiger charge is 2.17. The van der Waals surface area contributed by atoms with Gasteiger partial charge in [-0.25, -0.2) is 26.7 Å². The van der Waals surface area contributed by atoms with Crippen LogP contribution in [0.1, 0.15) is 34.6 Å². The van der Waals surface area contributed by atoms with Gasteiger partial charge in [0, 0.05) is 5.56 Å². The van der Waals surface area contributed by atoms with Gasteiger partial charge in [-0.2, -0.15) is 0 Å². The van der Waals surface area contributed by atoms with E-state index in [2.05, 4.69) is 10.0 Å². The van der Waals surface area contributed by atoms with E-state index in [1.165, 1.54) is 42.7 Å². The Bertz CT molecular complexity index is 1250. The first-order valence-corrected chi connectivity index (χ1v) is 12.1. The zero-order chi connectivity index (χ0) is 22.6. The van der Waals surface area contributed by atoms with Crippen LogP contribution in [0.25, 0.3) is 0 Å². The van der Waals surface area contributed by atoms with Gasteiger partial charge in [-0.15, -0.1) is 0 Å². The second-order valence-corrected chi connectivity index (χ2v) is 10.1. The van der Waals surface area contributed by atoms with Gasteiger partial charge >= 0.3 is 0 Å². The Hall–Kier alpha value is -2.99. The molecule has 2 aromatic carbocycles. The molecule has 0 radical (unpaired) electrons. The fraction of sp³-hybridized carbons (Fsp3) is 0.150. The van der Waals surface area contributed by atoms with Crippen molar-refractivity contribution in [3.8, 4) is 0 Å². The molecule has 0 fully saturated rings. The van der Waals surface area contributed by atoms with Crippen LogP contribution in [0.2, 0.25) is 0 Å². The maximum atomic E-state index is 12.5. The Morgan fingerprint density at radius 1 is 0.968 bits per heavy atom. The van der Waals surface area contributed by atoms with E-state index in [4.69, 9.17) is 9.56 Å². The Labute approximate surface area is 180 Å². The summed E-state index contributed by atoms with van der Waals surface area (Å²) in [6, 6.07) is 14.2. The number of hydrogen-bond acceptors (Lipinski definition) is 6. The van der Waals surface area contributed by atoms with Crippen LogP contribution in [0.15, 0.2) is 81.1 Å². The molecule has 3 aromatic rings. The molecule has 1 heterocycles. The number of primary sulfonamides is 1. The standard InChI is InChI=1S/C20H21N3O6S2/c1-14(15-4-8-18(9-5-15)30(21,25)26)23-20(24)16-6-10-19(11-7-16)31(27,28)22-13-17-3-2-12-29-17/h2-12,14,22H,13H2,1H3,(H,23,24)(H2,21,25,26)/t14-/m1/s1. The minimum Gasteiger partial charge on any atom is -0.468 e. The second kappa shape index (κ2) is 9.02. The molecule has 0 aliphatic carbocycles. The lowest BCUT2D eigenvalue weighted by atomic mass is 10.1. The van der Waals surface area contributed by atoms with Crippen LogP contribution >= 0.6 is 0 Å². The van der Waals surface area contributed by atoms with Gasteiger partial charge in [-0.1, -0.05) is 12.1 Å². The number of hydrogen-bond donors (Lipinski definition) is 3. The Morgan fingerprint density at radius 3 is 2.13 bits per heavy atom. The zero-order valence-corrected chi connectivity index (χ0v) is 18.1. The van der Waals surface area contributed by atoms with Crippen molar-refractivity contribution in [1.29, 1.82) is 0 Å². The summed E-state index contributed by atoms with van der Waals surface area (Å²) in [5, 5.41) is 7.85. The number of sulfonamides is 2. The summed E-state index contributed by atoms with van der Waals surface area (Å²) >= 11 is 0. The molecule has 11 heteroatoms. The monoisotopic (exact) mass is 463 g/mol. The van der Waals surface area contributed by atoms with Crippen molar-refractivity contribution < 1.29 is 26.0 Å². The Kier molecular flexibility index (Phi) is 6.60. The third-order valence-corrected chi connectivity index (χ3v) is 6.85. The molecular formula is C20H21N3O6S2. The maximum Gasteiger partial charge on any atom is 0.251 e. The van der Waals surface area contributed by atoms with E-state index in [9.17, 15) is 21.6 Å². The van der Waals surface area contributed by atoms with Gasteiger partial charge < -0.3 is 9.73 Å². The van der Waals surface area contributed by atoms with Crippen LogP contribution in [-0.4, -0.2) is 22.7 Å². The molecule has 0 saturated carbocycles. The molecular weight excluding hydrogens is 442 g/mol. The molecule has 31 heavy (non-hydrogen) atoms. The smallest absolute Gasteiger partial charge is 0.251 e. The van der Waals surface area contributed by atoms with Crippen molar-refractivity contribution in [2.45, 2.75) is 29.3 Å². The summed E-state index contributed by atoms with van der Waals surface area (Å²) in [4.78, 5) is 12.5. The molecule has 9 nitrogen and oxygen atoms in total. The first-order valence-electron chi connectivity index (χ1n) is 9.12. The maximum absolute atomic E-state index is 12.5. The van der Waals surface area contributed by atoms with Crippen molar-refractivity contribution in [3.63, 3.8) is 0 Å². The van der Waals surface area contributed by atoms with Gasteiger partial charge in [-0.3, -0.25) is 4.79 Å². The molecule has 1 amide bonds. The lowest BCUT2D eigenvalue weighted by Gasteiger charge is -2.15. The molecule has 3 rings (SSSR count). The quantitative estimate of drug-likeness (QED) is 0.464. The summed E-state index contributed by atoms with van der Waals surface area (Å²) in [5.74, 6) is 0.0705. The van der Waals surface area contributed by atoms with E-state index in [1.54, 1.807) is 31.2 Å². The third-order valence-electron chi connectivity index (χ3n) is 4.50. The topological polar surface area (TPSA) is 149 Å². The van der Waals surface area contributed by atoms with Crippen LogP contribution in [-0.2, 0) is 26.6 Å². The van der Waals surface area contributed by atoms with Gasteiger partial charge in [0.15, 0.2) is 0 Å². The summed E-state index contributed by atoms with van der Waals surface area (Å²) in [6.45, 7) is 1.75. The van der Waals surface area contributed by atoms with Crippen molar-refractivity contribution in [2.75, 3.05) is 0 Å². The summed E-state index contributed by atoms with van der Waals surface area (Å²) < 4.78 is 54.9. The molecule has 4 N–H and O–H groups in total. The van der Waals surface area contributed by atoms with Crippen molar-refractivity contribution >= 4 is 26.0 Å². The van der Waals surface area contributed by atoms with Crippen LogP contribution < -0.4 is 15.2 Å². The number of amides is 1. The van der Waals surface area contributed by atoms with Gasteiger partial charge in [-0.05, 0) is 61.0 Å². The zero-order valence-electron chi connectivity index (χ0n) is 16.5. The average Bonchev–Trinajstić information content (AvgIpc) is 3.26. The second-order valence-electron chi connectivity index (χ2n) is 6.74. The number of carbonyl (C=O) groups excluding carboxylic acids is 1. The highest BCUT2D eigenvalue weighted by molar-refractivity contribution is 7.89. The van der Waals surface area contributed by atoms with Crippen LogP contribution in [0, 0.1) is 0 Å². The molecule has 0 aliphatic rings. The van der Waals surface area contributed by atoms with E-state index >= 15 is 0 Å². The SMILES string of the molecule is C[C@@H](NC(=O)c1ccc(S(=O)(=O)NCc2ccco2)cc1)c1ccc(S(N)(=O)=O)cc1. The summed E-state index contributed by atoms with van der Waals surface area (Å²) in [7, 11) is -7.55. The van der Waals surface area contributed by atoms with Crippen LogP contribution in [0.5, 0.6) is 0 Å². The highest BCUT2D eigenvalue weighted by Crippen LogP contribution is 2.17. The van der Waals surface area contributed by atoms with E-state index in [1.807, 2.05) is 0 Å². The fourth-order valence-corrected chi connectivity index (χ4v) is 4.27. The highest BCUT2D eigenvalue weighted by atomic mass is 32.2. The minimum absolute atomic E-state index is 0.0132. The molecule has 1 atom stereocenters. The van der Waals surface area contributed by atoms with Gasteiger partial charge in [0.25, 0.3) is 5.91 Å². The molecule has 0 aliphatic heterocycles. The van der Waals surface area contributed by atoms with E-state index in [0.29, 0.717) is 11.3 Å². The van der Waals surface area contributed by atoms with E-state index in [0.717, 1.165) is 0 Å². The first kappa shape index (κ1) is 22.7. The Morgan fingerprint density at radius 2 is 1.58 bits per heavy atom. The summed E-state index contributed by atoms with van der Waals surface area (Å²) in [5.41, 5.74) is 0.958. The first-order chi connectivity index (χ1) is 14.6. The lowest BCUT2D eigenvalue weighted by molar-refractivity contribution is 0.0939. The van der Waals surface area contributed by atoms with Gasteiger partial charge in [0.05, 0.1) is 28.6 Å². The minimum atomic E-state index is -3.79. The van der Waals surface area contributed by atoms with Crippen LogP contribution in [0.4, 0.5) is 0 Å². The Balaban J connectivity index is 1.64. The summed E-state index contributed by atoms with van der Waals surface area (Å²) in [6.07, 6.45) is 1.45. The number of benzene rings is 2. The number of rotatable bonds is 8. The van der Waals surface area contributed by atoms with E-state index in [-0.39, 0.29) is 21.9 Å². The predicted octanol–water partition coefficient (Wildman–Crippen LogP) is 1.90.